The molecule has 0 aliphatic carbocycles. The van der Waals surface area contributed by atoms with Crippen LogP contribution in [0.25, 0.3) is 0 Å². The maximum atomic E-state index is 12.6. The van der Waals surface area contributed by atoms with Crippen LogP contribution in [0.2, 0.25) is 0 Å². The van der Waals surface area contributed by atoms with E-state index in [2.05, 4.69) is 29.2 Å². The summed E-state index contributed by atoms with van der Waals surface area (Å²) in [4.78, 5) is 16.3. The molecule has 30 heavy (non-hydrogen) atoms. The van der Waals surface area contributed by atoms with Gasteiger partial charge in [-0.05, 0) is 36.6 Å². The lowest BCUT2D eigenvalue weighted by Gasteiger charge is -2.31. The SMILES string of the molecule is COc1cc(C[NH+]2CCC(C(=O)N3CCCC3)CC2)ccc1OCc1ccccc1. The number of carbonyl (C=O) groups excluding carboxylic acids is 1. The predicted molar refractivity (Wildman–Crippen MR) is 117 cm³/mol. The van der Waals surface area contributed by atoms with E-state index in [9.17, 15) is 4.79 Å². The molecule has 0 aromatic heterocycles. The summed E-state index contributed by atoms with van der Waals surface area (Å²) < 4.78 is 11.6. The third kappa shape index (κ3) is 5.14. The number of nitrogens with one attached hydrogen (secondary N) is 1. The third-order valence-electron chi connectivity index (χ3n) is 6.38. The van der Waals surface area contributed by atoms with Crippen LogP contribution in [0.3, 0.4) is 0 Å². The summed E-state index contributed by atoms with van der Waals surface area (Å²) >= 11 is 0. The number of benzene rings is 2. The molecule has 2 aromatic carbocycles. The van der Waals surface area contributed by atoms with Crippen molar-refractivity contribution in [3.63, 3.8) is 0 Å². The summed E-state index contributed by atoms with van der Waals surface area (Å²) in [5, 5.41) is 0. The fourth-order valence-electron chi connectivity index (χ4n) is 4.61. The highest BCUT2D eigenvalue weighted by Crippen LogP contribution is 2.29. The third-order valence-corrected chi connectivity index (χ3v) is 6.38. The van der Waals surface area contributed by atoms with Crippen LogP contribution in [0.5, 0.6) is 11.5 Å². The van der Waals surface area contributed by atoms with E-state index < -0.39 is 0 Å². The lowest BCUT2D eigenvalue weighted by Crippen LogP contribution is -3.11. The molecule has 1 amide bonds. The molecule has 0 atom stereocenters. The van der Waals surface area contributed by atoms with Crippen molar-refractivity contribution in [2.75, 3.05) is 33.3 Å². The predicted octanol–water partition coefficient (Wildman–Crippen LogP) is 2.69. The maximum absolute atomic E-state index is 12.6. The van der Waals surface area contributed by atoms with Gasteiger partial charge in [-0.25, -0.2) is 0 Å². The molecular weight excluding hydrogens is 376 g/mol. The first-order chi connectivity index (χ1) is 14.7. The van der Waals surface area contributed by atoms with Crippen LogP contribution in [0, 0.1) is 5.92 Å². The normalized spacial score (nSPS) is 21.4. The van der Waals surface area contributed by atoms with E-state index >= 15 is 0 Å². The van der Waals surface area contributed by atoms with E-state index in [1.54, 1.807) is 12.0 Å². The standard InChI is InChI=1S/C25H32N2O3/c1-29-24-17-21(9-10-23(24)30-19-20-7-3-2-4-8-20)18-26-15-11-22(12-16-26)25(28)27-13-5-6-14-27/h2-4,7-10,17,22H,5-6,11-16,18-19H2,1H3/p+1. The van der Waals surface area contributed by atoms with Crippen molar-refractivity contribution in [1.29, 1.82) is 0 Å². The van der Waals surface area contributed by atoms with Gasteiger partial charge in [-0.2, -0.15) is 0 Å². The second-order valence-electron chi connectivity index (χ2n) is 8.49. The minimum atomic E-state index is 0.232. The molecule has 2 aliphatic heterocycles. The van der Waals surface area contributed by atoms with Gasteiger partial charge in [0.15, 0.2) is 11.5 Å². The summed E-state index contributed by atoms with van der Waals surface area (Å²) in [6.45, 7) is 5.52. The zero-order valence-corrected chi connectivity index (χ0v) is 17.9. The Bertz CT molecular complexity index is 826. The molecule has 160 valence electrons. The molecule has 0 bridgehead atoms. The van der Waals surface area contributed by atoms with Crippen LogP contribution in [0.15, 0.2) is 48.5 Å². The summed E-state index contributed by atoms with van der Waals surface area (Å²) in [6.07, 6.45) is 4.34. The first kappa shape index (κ1) is 20.7. The number of rotatable bonds is 7. The molecular formula is C25H33N2O3+. The number of ether oxygens (including phenoxy) is 2. The van der Waals surface area contributed by atoms with Crippen molar-refractivity contribution in [2.24, 2.45) is 5.92 Å². The smallest absolute Gasteiger partial charge is 0.226 e. The summed E-state index contributed by atoms with van der Waals surface area (Å²) in [5.41, 5.74) is 2.39. The van der Waals surface area contributed by atoms with Gasteiger partial charge in [-0.3, -0.25) is 4.79 Å². The maximum Gasteiger partial charge on any atom is 0.226 e. The monoisotopic (exact) mass is 409 g/mol. The summed E-state index contributed by atoms with van der Waals surface area (Å²) in [6, 6.07) is 16.4. The number of quaternary nitrogens is 1. The van der Waals surface area contributed by atoms with Crippen LogP contribution < -0.4 is 14.4 Å². The molecule has 2 saturated heterocycles. The first-order valence-corrected chi connectivity index (χ1v) is 11.2. The lowest BCUT2D eigenvalue weighted by atomic mass is 9.95. The highest BCUT2D eigenvalue weighted by Gasteiger charge is 2.31. The van der Waals surface area contributed by atoms with E-state index in [1.807, 2.05) is 24.3 Å². The molecule has 2 aromatic rings. The van der Waals surface area contributed by atoms with Crippen molar-refractivity contribution in [3.05, 3.63) is 59.7 Å². The van der Waals surface area contributed by atoms with Gasteiger partial charge in [0.25, 0.3) is 0 Å². The highest BCUT2D eigenvalue weighted by atomic mass is 16.5. The van der Waals surface area contributed by atoms with Crippen molar-refractivity contribution < 1.29 is 19.2 Å². The van der Waals surface area contributed by atoms with E-state index in [-0.39, 0.29) is 5.92 Å². The Labute approximate surface area is 179 Å². The minimum absolute atomic E-state index is 0.232. The van der Waals surface area contributed by atoms with Crippen molar-refractivity contribution >= 4 is 5.91 Å². The average Bonchev–Trinajstić information content (AvgIpc) is 3.34. The van der Waals surface area contributed by atoms with Crippen LogP contribution in [0.4, 0.5) is 0 Å². The van der Waals surface area contributed by atoms with Gasteiger partial charge in [0.2, 0.25) is 5.91 Å². The second-order valence-corrected chi connectivity index (χ2v) is 8.49. The number of hydrogen-bond acceptors (Lipinski definition) is 3. The van der Waals surface area contributed by atoms with Gasteiger partial charge in [0.05, 0.1) is 20.2 Å². The Morgan fingerprint density at radius 2 is 1.73 bits per heavy atom. The van der Waals surface area contributed by atoms with Crippen LogP contribution in [-0.2, 0) is 17.9 Å². The van der Waals surface area contributed by atoms with E-state index in [1.165, 1.54) is 18.4 Å². The summed E-state index contributed by atoms with van der Waals surface area (Å²) in [7, 11) is 1.69. The molecule has 2 aliphatic rings. The number of piperidine rings is 1. The molecule has 2 fully saturated rings. The number of methoxy groups -OCH3 is 1. The lowest BCUT2D eigenvalue weighted by molar-refractivity contribution is -0.919. The first-order valence-electron chi connectivity index (χ1n) is 11.2. The average molecular weight is 410 g/mol. The molecule has 2 heterocycles. The Kier molecular flexibility index (Phi) is 6.90. The van der Waals surface area contributed by atoms with E-state index in [0.717, 1.165) is 62.6 Å². The molecule has 4 rings (SSSR count). The Balaban J connectivity index is 1.30. The number of nitrogens with zero attached hydrogens (tertiary/aromatic N) is 1. The molecule has 0 saturated carbocycles. The van der Waals surface area contributed by atoms with Gasteiger partial charge < -0.3 is 19.3 Å². The van der Waals surface area contributed by atoms with E-state index in [4.69, 9.17) is 9.47 Å². The molecule has 1 N–H and O–H groups in total. The number of likely N-dealkylation sites (tertiary alicyclic amines) is 2. The van der Waals surface area contributed by atoms with Crippen molar-refractivity contribution in [1.82, 2.24) is 4.90 Å². The zero-order chi connectivity index (χ0) is 20.8. The van der Waals surface area contributed by atoms with Gasteiger partial charge in [0, 0.05) is 37.4 Å². The van der Waals surface area contributed by atoms with Gasteiger partial charge in [0.1, 0.15) is 13.2 Å². The second kappa shape index (κ2) is 9.98. The van der Waals surface area contributed by atoms with Crippen LogP contribution in [0.1, 0.15) is 36.8 Å². The molecule has 5 heteroatoms. The molecule has 0 unspecified atom stereocenters. The van der Waals surface area contributed by atoms with Crippen molar-refractivity contribution in [2.45, 2.75) is 38.8 Å². The zero-order valence-electron chi connectivity index (χ0n) is 17.9. The molecule has 0 radical (unpaired) electrons. The Morgan fingerprint density at radius 1 is 1.00 bits per heavy atom. The number of hydrogen-bond donors (Lipinski definition) is 1. The van der Waals surface area contributed by atoms with Crippen LogP contribution >= 0.6 is 0 Å². The topological polar surface area (TPSA) is 43.2 Å². The minimum Gasteiger partial charge on any atom is -0.493 e. The van der Waals surface area contributed by atoms with Gasteiger partial charge in [-0.1, -0.05) is 30.3 Å². The van der Waals surface area contributed by atoms with Crippen LogP contribution in [-0.4, -0.2) is 44.1 Å². The largest absolute Gasteiger partial charge is 0.493 e. The summed E-state index contributed by atoms with van der Waals surface area (Å²) in [5.74, 6) is 2.18. The van der Waals surface area contributed by atoms with Crippen molar-refractivity contribution in [3.8, 4) is 11.5 Å². The quantitative estimate of drug-likeness (QED) is 0.765. The van der Waals surface area contributed by atoms with Gasteiger partial charge in [-0.15, -0.1) is 0 Å². The van der Waals surface area contributed by atoms with E-state index in [0.29, 0.717) is 12.5 Å². The van der Waals surface area contributed by atoms with Gasteiger partial charge >= 0.3 is 0 Å². The number of amides is 1. The molecule has 0 spiro atoms. The Morgan fingerprint density at radius 3 is 2.43 bits per heavy atom. The fourth-order valence-corrected chi connectivity index (χ4v) is 4.61. The highest BCUT2D eigenvalue weighted by molar-refractivity contribution is 5.79. The fraction of sp³-hybridized carbons (Fsp3) is 0.480. The Hall–Kier alpha value is -2.53. The number of carbonyl (C=O) groups is 1. The molecule has 5 nitrogen and oxygen atoms in total.